The summed E-state index contributed by atoms with van der Waals surface area (Å²) in [5.74, 6) is -0.996. The molecule has 0 aliphatic rings. The Morgan fingerprint density at radius 3 is 2.37 bits per heavy atom. The van der Waals surface area contributed by atoms with Gasteiger partial charge in [-0.2, -0.15) is 0 Å². The zero-order valence-electron chi connectivity index (χ0n) is 16.0. The van der Waals surface area contributed by atoms with Gasteiger partial charge in [-0.1, -0.05) is 54.1 Å². The third-order valence-corrected chi connectivity index (χ3v) is 4.65. The van der Waals surface area contributed by atoms with E-state index in [9.17, 15) is 19.7 Å². The number of anilines is 1. The average molecular weight is 424 g/mol. The molecular formula is C22H18ClN3O4. The molecule has 0 fully saturated rings. The Morgan fingerprint density at radius 2 is 1.67 bits per heavy atom. The van der Waals surface area contributed by atoms with E-state index in [-0.39, 0.29) is 27.7 Å². The molecule has 8 heteroatoms. The molecule has 2 amide bonds. The van der Waals surface area contributed by atoms with Gasteiger partial charge < -0.3 is 10.2 Å². The molecule has 0 aliphatic carbocycles. The Bertz CT molecular complexity index is 1100. The monoisotopic (exact) mass is 423 g/mol. The molecule has 7 nitrogen and oxygen atoms in total. The molecule has 0 bridgehead atoms. The lowest BCUT2D eigenvalue weighted by Gasteiger charge is -2.19. The van der Waals surface area contributed by atoms with Crippen LogP contribution in [0.4, 0.5) is 11.4 Å². The van der Waals surface area contributed by atoms with Crippen molar-refractivity contribution in [3.05, 3.63) is 105 Å². The standard InChI is InChI=1S/C22H18ClN3O4/c1-25(14-15-7-3-2-4-8-15)22(28)17-9-5-6-10-19(17)24-21(27)18-12-11-16(23)13-20(18)26(29)30/h2-13H,14H2,1H3,(H,24,27). The highest BCUT2D eigenvalue weighted by atomic mass is 35.5. The number of para-hydroxylation sites is 1. The first kappa shape index (κ1) is 21.0. The number of hydrogen-bond donors (Lipinski definition) is 1. The number of carbonyl (C=O) groups is 2. The first-order valence-corrected chi connectivity index (χ1v) is 9.38. The van der Waals surface area contributed by atoms with Gasteiger partial charge in [0.05, 0.1) is 16.2 Å². The number of nitro benzene ring substituents is 1. The smallest absolute Gasteiger partial charge is 0.283 e. The molecular weight excluding hydrogens is 406 g/mol. The summed E-state index contributed by atoms with van der Waals surface area (Å²) in [5, 5.41) is 14.0. The predicted molar refractivity (Wildman–Crippen MR) is 115 cm³/mol. The number of halogens is 1. The molecule has 152 valence electrons. The average Bonchev–Trinajstić information content (AvgIpc) is 2.74. The summed E-state index contributed by atoms with van der Waals surface area (Å²) in [6.45, 7) is 0.393. The van der Waals surface area contributed by atoms with E-state index in [0.717, 1.165) is 11.6 Å². The van der Waals surface area contributed by atoms with Crippen LogP contribution in [0.5, 0.6) is 0 Å². The summed E-state index contributed by atoms with van der Waals surface area (Å²) in [6, 6.07) is 19.8. The fourth-order valence-corrected chi connectivity index (χ4v) is 3.12. The van der Waals surface area contributed by atoms with Crippen molar-refractivity contribution in [1.29, 1.82) is 0 Å². The van der Waals surface area contributed by atoms with Crippen LogP contribution < -0.4 is 5.32 Å². The third-order valence-electron chi connectivity index (χ3n) is 4.42. The van der Waals surface area contributed by atoms with Crippen molar-refractivity contribution in [2.75, 3.05) is 12.4 Å². The summed E-state index contributed by atoms with van der Waals surface area (Å²) < 4.78 is 0. The number of hydrogen-bond acceptors (Lipinski definition) is 4. The number of carbonyl (C=O) groups excluding carboxylic acids is 2. The van der Waals surface area contributed by atoms with E-state index in [1.54, 1.807) is 31.3 Å². The molecule has 3 rings (SSSR count). The molecule has 1 N–H and O–H groups in total. The van der Waals surface area contributed by atoms with Crippen molar-refractivity contribution in [3.8, 4) is 0 Å². The zero-order chi connectivity index (χ0) is 21.7. The molecule has 0 heterocycles. The van der Waals surface area contributed by atoms with Crippen molar-refractivity contribution < 1.29 is 14.5 Å². The van der Waals surface area contributed by atoms with E-state index in [4.69, 9.17) is 11.6 Å². The van der Waals surface area contributed by atoms with Crippen LogP contribution in [-0.4, -0.2) is 28.7 Å². The van der Waals surface area contributed by atoms with E-state index in [2.05, 4.69) is 5.32 Å². The minimum atomic E-state index is -0.704. The second-order valence-electron chi connectivity index (χ2n) is 6.57. The molecule has 0 spiro atoms. The lowest BCUT2D eigenvalue weighted by molar-refractivity contribution is -0.385. The van der Waals surface area contributed by atoms with Crippen LogP contribution in [0.2, 0.25) is 5.02 Å². The van der Waals surface area contributed by atoms with Gasteiger partial charge in [0.15, 0.2) is 0 Å². The first-order chi connectivity index (χ1) is 14.4. The summed E-state index contributed by atoms with van der Waals surface area (Å²) in [5.41, 5.74) is 0.943. The molecule has 0 saturated carbocycles. The molecule has 3 aromatic rings. The van der Waals surface area contributed by atoms with E-state index >= 15 is 0 Å². The predicted octanol–water partition coefficient (Wildman–Crippen LogP) is 4.77. The lowest BCUT2D eigenvalue weighted by Crippen LogP contribution is -2.27. The summed E-state index contributed by atoms with van der Waals surface area (Å²) >= 11 is 5.81. The highest BCUT2D eigenvalue weighted by molar-refractivity contribution is 6.31. The maximum atomic E-state index is 13.0. The quantitative estimate of drug-likeness (QED) is 0.456. The molecule has 0 atom stereocenters. The molecule has 0 radical (unpaired) electrons. The lowest BCUT2D eigenvalue weighted by atomic mass is 10.1. The number of nitro groups is 1. The fourth-order valence-electron chi connectivity index (χ4n) is 2.95. The van der Waals surface area contributed by atoms with E-state index < -0.39 is 16.5 Å². The van der Waals surface area contributed by atoms with Gasteiger partial charge in [0.1, 0.15) is 5.56 Å². The van der Waals surface area contributed by atoms with Gasteiger partial charge in [0.2, 0.25) is 0 Å². The number of nitrogens with one attached hydrogen (secondary N) is 1. The van der Waals surface area contributed by atoms with Crippen molar-refractivity contribution in [2.24, 2.45) is 0 Å². The van der Waals surface area contributed by atoms with Gasteiger partial charge in [-0.25, -0.2) is 0 Å². The topological polar surface area (TPSA) is 92.6 Å². The Morgan fingerprint density at radius 1 is 1.00 bits per heavy atom. The van der Waals surface area contributed by atoms with Crippen LogP contribution in [0.3, 0.4) is 0 Å². The Kier molecular flexibility index (Phi) is 6.44. The normalized spacial score (nSPS) is 10.3. The van der Waals surface area contributed by atoms with Gasteiger partial charge >= 0.3 is 0 Å². The van der Waals surface area contributed by atoms with Crippen LogP contribution in [0.25, 0.3) is 0 Å². The first-order valence-electron chi connectivity index (χ1n) is 9.00. The highest BCUT2D eigenvalue weighted by Crippen LogP contribution is 2.25. The number of benzene rings is 3. The molecule has 3 aromatic carbocycles. The van der Waals surface area contributed by atoms with E-state index in [0.29, 0.717) is 6.54 Å². The molecule has 0 unspecified atom stereocenters. The van der Waals surface area contributed by atoms with E-state index in [1.165, 1.54) is 17.0 Å². The van der Waals surface area contributed by atoms with Gasteiger partial charge in [-0.15, -0.1) is 0 Å². The molecule has 30 heavy (non-hydrogen) atoms. The van der Waals surface area contributed by atoms with Crippen LogP contribution in [0, 0.1) is 10.1 Å². The number of rotatable bonds is 6. The van der Waals surface area contributed by atoms with Crippen LogP contribution in [0.15, 0.2) is 72.8 Å². The van der Waals surface area contributed by atoms with Crippen molar-refractivity contribution in [3.63, 3.8) is 0 Å². The van der Waals surface area contributed by atoms with E-state index in [1.807, 2.05) is 30.3 Å². The molecule has 0 saturated heterocycles. The van der Waals surface area contributed by atoms with Crippen LogP contribution in [0.1, 0.15) is 26.3 Å². The summed E-state index contributed by atoms with van der Waals surface area (Å²) in [7, 11) is 1.66. The SMILES string of the molecule is CN(Cc1ccccc1)C(=O)c1ccccc1NC(=O)c1ccc(Cl)cc1[N+](=O)[O-]. The van der Waals surface area contributed by atoms with Crippen molar-refractivity contribution >= 4 is 34.8 Å². The number of nitrogens with zero attached hydrogens (tertiary/aromatic N) is 2. The highest BCUT2D eigenvalue weighted by Gasteiger charge is 2.23. The Labute approximate surface area is 178 Å². The second-order valence-corrected chi connectivity index (χ2v) is 7.00. The minimum Gasteiger partial charge on any atom is -0.337 e. The van der Waals surface area contributed by atoms with Gasteiger partial charge in [0.25, 0.3) is 17.5 Å². The molecule has 0 aliphatic heterocycles. The van der Waals surface area contributed by atoms with Crippen LogP contribution in [-0.2, 0) is 6.54 Å². The number of amides is 2. The summed E-state index contributed by atoms with van der Waals surface area (Å²) in [4.78, 5) is 37.8. The second kappa shape index (κ2) is 9.19. The maximum absolute atomic E-state index is 13.0. The largest absolute Gasteiger partial charge is 0.337 e. The third kappa shape index (κ3) is 4.82. The fraction of sp³-hybridized carbons (Fsp3) is 0.0909. The van der Waals surface area contributed by atoms with Gasteiger partial charge in [-0.3, -0.25) is 19.7 Å². The minimum absolute atomic E-state index is 0.149. The Balaban J connectivity index is 1.84. The Hall–Kier alpha value is -3.71. The van der Waals surface area contributed by atoms with Gasteiger partial charge in [-0.05, 0) is 29.8 Å². The molecule has 0 aromatic heterocycles. The van der Waals surface area contributed by atoms with Gasteiger partial charge in [0, 0.05) is 24.7 Å². The zero-order valence-corrected chi connectivity index (χ0v) is 16.8. The summed E-state index contributed by atoms with van der Waals surface area (Å²) in [6.07, 6.45) is 0. The maximum Gasteiger partial charge on any atom is 0.283 e. The van der Waals surface area contributed by atoms with Crippen molar-refractivity contribution in [2.45, 2.75) is 6.54 Å². The van der Waals surface area contributed by atoms with Crippen molar-refractivity contribution in [1.82, 2.24) is 4.90 Å². The van der Waals surface area contributed by atoms with Crippen LogP contribution >= 0.6 is 11.6 Å².